The number of ether oxygens (including phenoxy) is 1. The average Bonchev–Trinajstić information content (AvgIpc) is 2.80. The van der Waals surface area contributed by atoms with Gasteiger partial charge in [-0.1, -0.05) is 0 Å². The van der Waals surface area contributed by atoms with Crippen LogP contribution in [0.5, 0.6) is 0 Å². The first-order valence-corrected chi connectivity index (χ1v) is 8.11. The molecule has 1 N–H and O–H groups in total. The van der Waals surface area contributed by atoms with Crippen LogP contribution in [-0.4, -0.2) is 57.8 Å². The van der Waals surface area contributed by atoms with E-state index >= 15 is 0 Å². The number of fused-ring (bicyclic) bond motifs is 1. The second-order valence-corrected chi connectivity index (χ2v) is 6.41. The van der Waals surface area contributed by atoms with Gasteiger partial charge in [-0.3, -0.25) is 0 Å². The number of aromatic nitrogens is 4. The molecule has 0 spiro atoms. The van der Waals surface area contributed by atoms with E-state index < -0.39 is 20.0 Å². The molecule has 10 nitrogen and oxygen atoms in total. The van der Waals surface area contributed by atoms with Gasteiger partial charge in [0.2, 0.25) is 0 Å². The van der Waals surface area contributed by atoms with Crippen LogP contribution < -0.4 is 73.8 Å². The van der Waals surface area contributed by atoms with Gasteiger partial charge in [-0.05, 0) is 7.60 Å². The molecule has 0 aliphatic carbocycles. The van der Waals surface area contributed by atoms with Crippen LogP contribution in [0.3, 0.4) is 0 Å². The number of hydrogen-bond donors (Lipinski definition) is 1. The van der Waals surface area contributed by atoms with E-state index in [1.54, 1.807) is 9.47 Å². The molecule has 24 heavy (non-hydrogen) atoms. The Morgan fingerprint density at radius 3 is 2.58 bits per heavy atom. The summed E-state index contributed by atoms with van der Waals surface area (Å²) in [6.07, 6.45) is 0.953. The maximum Gasteiger partial charge on any atom is 1.00 e. The predicted molar refractivity (Wildman–Crippen MR) is 74.1 cm³/mol. The van der Waals surface area contributed by atoms with Crippen molar-refractivity contribution in [2.75, 3.05) is 32.0 Å². The normalized spacial score (nSPS) is 12.4. The molecule has 0 saturated heterocycles. The molecule has 0 radical (unpaired) electrons. The van der Waals surface area contributed by atoms with Crippen molar-refractivity contribution in [3.8, 4) is 0 Å². The molecule has 0 bridgehead atoms. The number of hydrogen-bond acceptors (Lipinski definition) is 9. The number of imidazole rings is 1. The van der Waals surface area contributed by atoms with Crippen LogP contribution in [0.25, 0.3) is 11.2 Å². The summed E-state index contributed by atoms with van der Waals surface area (Å²) in [7, 11) is -1.07. The Kier molecular flexibility index (Phi) is 10.7. The molecule has 0 aliphatic rings. The van der Waals surface area contributed by atoms with Gasteiger partial charge in [0, 0.05) is 14.1 Å². The van der Waals surface area contributed by atoms with Gasteiger partial charge < -0.3 is 33.7 Å². The van der Waals surface area contributed by atoms with Crippen LogP contribution >= 0.6 is 7.60 Å². The summed E-state index contributed by atoms with van der Waals surface area (Å²) in [6.45, 7) is -0.178. The number of aliphatic hydroxyl groups is 1. The summed E-state index contributed by atoms with van der Waals surface area (Å²) in [6, 6.07) is 0. The van der Waals surface area contributed by atoms with E-state index in [-0.39, 0.29) is 72.3 Å². The number of anilines is 1. The maximum absolute atomic E-state index is 10.4. The summed E-state index contributed by atoms with van der Waals surface area (Å²) in [4.78, 5) is 35.1. The molecule has 2 aromatic rings. The molecule has 0 saturated carbocycles. The molecule has 1 atom stereocenters. The van der Waals surface area contributed by atoms with Crippen molar-refractivity contribution in [3.63, 3.8) is 0 Å². The van der Waals surface area contributed by atoms with E-state index in [2.05, 4.69) is 19.7 Å². The topological polar surface area (TPSA) is 139 Å². The molecule has 2 aromatic heterocycles. The third-order valence-corrected chi connectivity index (χ3v) is 3.27. The van der Waals surface area contributed by atoms with E-state index in [0.29, 0.717) is 17.0 Å². The fourth-order valence-corrected chi connectivity index (χ4v) is 2.24. The number of nitrogens with zero attached hydrogens (tertiary/aromatic N) is 5. The summed E-state index contributed by atoms with van der Waals surface area (Å²) in [5.41, 5.74) is 1.13. The van der Waals surface area contributed by atoms with Crippen molar-refractivity contribution in [3.05, 3.63) is 12.7 Å². The smallest absolute Gasteiger partial charge is 0.809 e. The number of rotatable bonds is 7. The van der Waals surface area contributed by atoms with E-state index in [1.807, 2.05) is 14.1 Å². The Balaban J connectivity index is 0.00000264. The molecule has 0 amide bonds. The molecule has 2 heterocycles. The van der Waals surface area contributed by atoms with Crippen molar-refractivity contribution in [2.24, 2.45) is 0 Å². The molecular weight excluding hydrogens is 359 g/mol. The average molecular weight is 375 g/mol. The molecular formula is C11H16N5Na2O5P. The van der Waals surface area contributed by atoms with Crippen LogP contribution in [-0.2, 0) is 15.8 Å². The molecule has 0 aromatic carbocycles. The van der Waals surface area contributed by atoms with Crippen molar-refractivity contribution >= 4 is 24.6 Å². The standard InChI is InChI=1S/C11H18N5O5P.2Na/c1-15(2)10-9-11(13-5-12-10)16(6-14-9)3-8(17)4-21-7-22(18,19)20;;/h5-6,8,17H,3-4,7H2,1-2H3,(H2,18,19,20);;/q;2*+1/p-2. The summed E-state index contributed by atoms with van der Waals surface area (Å²) in [5.74, 6) is 0.646. The van der Waals surface area contributed by atoms with Gasteiger partial charge in [0.25, 0.3) is 0 Å². The van der Waals surface area contributed by atoms with Gasteiger partial charge in [0.15, 0.2) is 17.0 Å². The first-order chi connectivity index (χ1) is 10.3. The summed E-state index contributed by atoms with van der Waals surface area (Å²) < 4.78 is 16.7. The first-order valence-electron chi connectivity index (χ1n) is 6.38. The van der Waals surface area contributed by atoms with Gasteiger partial charge >= 0.3 is 59.1 Å². The minimum absolute atomic E-state index is 0. The molecule has 2 rings (SSSR count). The van der Waals surface area contributed by atoms with Crippen LogP contribution in [0.1, 0.15) is 0 Å². The Morgan fingerprint density at radius 1 is 1.33 bits per heavy atom. The minimum atomic E-state index is -4.73. The van der Waals surface area contributed by atoms with Gasteiger partial charge in [-0.25, -0.2) is 15.0 Å². The second-order valence-electron chi connectivity index (χ2n) is 4.93. The fraction of sp³-hybridized carbons (Fsp3) is 0.545. The zero-order valence-corrected chi connectivity index (χ0v) is 19.0. The van der Waals surface area contributed by atoms with E-state index in [1.165, 1.54) is 12.7 Å². The van der Waals surface area contributed by atoms with E-state index in [0.717, 1.165) is 0 Å². The first kappa shape index (κ1) is 24.4. The Bertz CT molecular complexity index is 694. The SMILES string of the molecule is CN(C)c1ncnc2c1ncn2CC(O)COCP(=O)([O-])[O-].[Na+].[Na+]. The predicted octanol–water partition coefficient (Wildman–Crippen LogP) is -7.85. The van der Waals surface area contributed by atoms with E-state index in [4.69, 9.17) is 0 Å². The third-order valence-electron chi connectivity index (χ3n) is 2.77. The minimum Gasteiger partial charge on any atom is -0.809 e. The van der Waals surface area contributed by atoms with Crippen molar-refractivity contribution < 1.29 is 83.3 Å². The molecule has 13 heteroatoms. The van der Waals surface area contributed by atoms with Crippen LogP contribution in [0.4, 0.5) is 5.82 Å². The molecule has 122 valence electrons. The van der Waals surface area contributed by atoms with Gasteiger partial charge in [0.05, 0.1) is 31.9 Å². The van der Waals surface area contributed by atoms with Crippen molar-refractivity contribution in [1.29, 1.82) is 0 Å². The van der Waals surface area contributed by atoms with Crippen LogP contribution in [0.15, 0.2) is 12.7 Å². The molecule has 0 aliphatic heterocycles. The van der Waals surface area contributed by atoms with Gasteiger partial charge in [-0.2, -0.15) is 0 Å². The largest absolute Gasteiger partial charge is 1.00 e. The van der Waals surface area contributed by atoms with Crippen molar-refractivity contribution in [1.82, 2.24) is 19.5 Å². The third kappa shape index (κ3) is 6.97. The van der Waals surface area contributed by atoms with Crippen molar-refractivity contribution in [2.45, 2.75) is 12.6 Å². The van der Waals surface area contributed by atoms with Crippen LogP contribution in [0, 0.1) is 0 Å². The fourth-order valence-electron chi connectivity index (χ4n) is 1.91. The monoisotopic (exact) mass is 375 g/mol. The Labute approximate surface area is 183 Å². The van der Waals surface area contributed by atoms with Gasteiger partial charge in [-0.15, -0.1) is 0 Å². The summed E-state index contributed by atoms with van der Waals surface area (Å²) >= 11 is 0. The van der Waals surface area contributed by atoms with E-state index in [9.17, 15) is 19.5 Å². The number of aliphatic hydroxyl groups excluding tert-OH is 1. The Morgan fingerprint density at radius 2 is 2.00 bits per heavy atom. The molecule has 0 fully saturated rings. The summed E-state index contributed by atoms with van der Waals surface area (Å²) in [5, 5.41) is 9.83. The zero-order chi connectivity index (χ0) is 16.3. The maximum atomic E-state index is 10.4. The van der Waals surface area contributed by atoms with Gasteiger partial charge in [0.1, 0.15) is 6.33 Å². The Hall–Kier alpha value is 0.420. The zero-order valence-electron chi connectivity index (χ0n) is 14.1. The molecule has 1 unspecified atom stereocenters. The van der Waals surface area contributed by atoms with Crippen LogP contribution in [0.2, 0.25) is 0 Å². The quantitative estimate of drug-likeness (QED) is 0.369. The second kappa shape index (κ2) is 10.5.